The molecule has 1 aliphatic heterocycles. The fourth-order valence-corrected chi connectivity index (χ4v) is 5.45. The molecule has 3 rings (SSSR count). The third-order valence-electron chi connectivity index (χ3n) is 5.27. The van der Waals surface area contributed by atoms with Gasteiger partial charge in [-0.25, -0.2) is 0 Å². The molecule has 8 heteroatoms. The Hall–Kier alpha value is -1.90. The van der Waals surface area contributed by atoms with Gasteiger partial charge in [-0.05, 0) is 61.7 Å². The van der Waals surface area contributed by atoms with Gasteiger partial charge in [0.1, 0.15) is 0 Å². The van der Waals surface area contributed by atoms with Crippen LogP contribution >= 0.6 is 22.7 Å². The van der Waals surface area contributed by atoms with Gasteiger partial charge in [-0.1, -0.05) is 12.1 Å². The highest BCUT2D eigenvalue weighted by Gasteiger charge is 2.31. The summed E-state index contributed by atoms with van der Waals surface area (Å²) in [4.78, 5) is 21.0. The summed E-state index contributed by atoms with van der Waals surface area (Å²) < 4.78 is 0. The maximum absolute atomic E-state index is 11.9. The SMILES string of the molecule is CN=C(NCCCNC(=O)c1cccs1)NCC1CCCN(C)C1c1cccs1. The summed E-state index contributed by atoms with van der Waals surface area (Å²) in [6.07, 6.45) is 3.31. The molecule has 2 atom stereocenters. The second kappa shape index (κ2) is 11.3. The first-order valence-corrected chi connectivity index (χ1v) is 11.9. The third kappa shape index (κ3) is 6.29. The molecule has 0 bridgehead atoms. The first-order valence-electron chi connectivity index (χ1n) is 10.2. The first-order chi connectivity index (χ1) is 14.2. The molecule has 1 saturated heterocycles. The van der Waals surface area contributed by atoms with E-state index in [0.717, 1.165) is 36.9 Å². The first kappa shape index (κ1) is 21.8. The highest BCUT2D eigenvalue weighted by Crippen LogP contribution is 2.36. The quantitative estimate of drug-likeness (QED) is 0.340. The van der Waals surface area contributed by atoms with E-state index < -0.39 is 0 Å². The number of carbonyl (C=O) groups excluding carboxylic acids is 1. The number of piperidine rings is 1. The largest absolute Gasteiger partial charge is 0.356 e. The van der Waals surface area contributed by atoms with Crippen LogP contribution in [0.3, 0.4) is 0 Å². The fourth-order valence-electron chi connectivity index (χ4n) is 3.82. The Bertz CT molecular complexity index is 760. The molecule has 0 saturated carbocycles. The monoisotopic (exact) mass is 433 g/mol. The summed E-state index contributed by atoms with van der Waals surface area (Å²) in [6.45, 7) is 3.48. The fraction of sp³-hybridized carbons (Fsp3) is 0.524. The Morgan fingerprint density at radius 2 is 1.97 bits per heavy atom. The van der Waals surface area contributed by atoms with Crippen molar-refractivity contribution in [1.82, 2.24) is 20.9 Å². The lowest BCUT2D eigenvalue weighted by Gasteiger charge is -2.39. The average molecular weight is 434 g/mol. The van der Waals surface area contributed by atoms with Crippen LogP contribution in [-0.2, 0) is 0 Å². The zero-order chi connectivity index (χ0) is 20.5. The van der Waals surface area contributed by atoms with Crippen molar-refractivity contribution in [3.63, 3.8) is 0 Å². The molecule has 0 aliphatic carbocycles. The lowest BCUT2D eigenvalue weighted by Crippen LogP contribution is -2.45. The summed E-state index contributed by atoms with van der Waals surface area (Å²) in [5.74, 6) is 1.40. The number of hydrogen-bond donors (Lipinski definition) is 3. The van der Waals surface area contributed by atoms with Gasteiger partial charge in [0.15, 0.2) is 5.96 Å². The number of thiophene rings is 2. The van der Waals surface area contributed by atoms with Crippen LogP contribution in [0.2, 0.25) is 0 Å². The summed E-state index contributed by atoms with van der Waals surface area (Å²) in [6, 6.07) is 8.61. The van der Waals surface area contributed by atoms with Crippen LogP contribution in [0.4, 0.5) is 0 Å². The zero-order valence-corrected chi connectivity index (χ0v) is 18.8. The van der Waals surface area contributed by atoms with E-state index >= 15 is 0 Å². The second-order valence-corrected chi connectivity index (χ2v) is 9.24. The topological polar surface area (TPSA) is 68.8 Å². The van der Waals surface area contributed by atoms with Crippen LogP contribution < -0.4 is 16.0 Å². The summed E-state index contributed by atoms with van der Waals surface area (Å²) in [5.41, 5.74) is 0. The number of likely N-dealkylation sites (tertiary alicyclic amines) is 1. The van der Waals surface area contributed by atoms with Crippen molar-refractivity contribution in [2.75, 3.05) is 40.3 Å². The van der Waals surface area contributed by atoms with Crippen LogP contribution in [-0.4, -0.2) is 57.0 Å². The van der Waals surface area contributed by atoms with Gasteiger partial charge in [0.05, 0.1) is 4.88 Å². The van der Waals surface area contributed by atoms with Gasteiger partial charge in [-0.3, -0.25) is 14.7 Å². The van der Waals surface area contributed by atoms with Crippen LogP contribution in [0, 0.1) is 5.92 Å². The lowest BCUT2D eigenvalue weighted by molar-refractivity contribution is 0.0957. The van der Waals surface area contributed by atoms with Gasteiger partial charge in [0, 0.05) is 37.6 Å². The van der Waals surface area contributed by atoms with E-state index in [1.165, 1.54) is 29.1 Å². The lowest BCUT2D eigenvalue weighted by atomic mass is 9.88. The molecule has 158 valence electrons. The van der Waals surface area contributed by atoms with Crippen molar-refractivity contribution < 1.29 is 4.79 Å². The average Bonchev–Trinajstić information content (AvgIpc) is 3.44. The van der Waals surface area contributed by atoms with Crippen LogP contribution in [0.5, 0.6) is 0 Å². The predicted molar refractivity (Wildman–Crippen MR) is 123 cm³/mol. The minimum atomic E-state index is 0.00328. The van der Waals surface area contributed by atoms with Crippen LogP contribution in [0.15, 0.2) is 40.0 Å². The van der Waals surface area contributed by atoms with E-state index in [2.05, 4.69) is 50.4 Å². The molecule has 6 nitrogen and oxygen atoms in total. The number of amides is 1. The molecule has 29 heavy (non-hydrogen) atoms. The molecular weight excluding hydrogens is 402 g/mol. The normalized spacial score (nSPS) is 20.4. The molecule has 1 amide bonds. The van der Waals surface area contributed by atoms with Crippen molar-refractivity contribution in [3.8, 4) is 0 Å². The Balaban J connectivity index is 1.39. The number of carbonyl (C=O) groups is 1. The number of nitrogens with one attached hydrogen (secondary N) is 3. The van der Waals surface area contributed by atoms with Crippen LogP contribution in [0.1, 0.15) is 39.9 Å². The van der Waals surface area contributed by atoms with Crippen molar-refractivity contribution >= 4 is 34.5 Å². The number of rotatable bonds is 8. The summed E-state index contributed by atoms with van der Waals surface area (Å²) in [5, 5.41) is 13.9. The molecule has 0 radical (unpaired) electrons. The summed E-state index contributed by atoms with van der Waals surface area (Å²) >= 11 is 3.31. The maximum atomic E-state index is 11.9. The van der Waals surface area contributed by atoms with E-state index in [1.54, 1.807) is 7.05 Å². The van der Waals surface area contributed by atoms with E-state index in [-0.39, 0.29) is 5.91 Å². The Labute approximate surface area is 181 Å². The van der Waals surface area contributed by atoms with E-state index in [0.29, 0.717) is 18.5 Å². The number of hydrogen-bond acceptors (Lipinski definition) is 5. The molecule has 0 spiro atoms. The van der Waals surface area contributed by atoms with E-state index in [9.17, 15) is 4.79 Å². The van der Waals surface area contributed by atoms with Gasteiger partial charge in [-0.15, -0.1) is 22.7 Å². The van der Waals surface area contributed by atoms with Crippen molar-refractivity contribution in [3.05, 3.63) is 44.8 Å². The van der Waals surface area contributed by atoms with Crippen molar-refractivity contribution in [2.45, 2.75) is 25.3 Å². The van der Waals surface area contributed by atoms with E-state index in [1.807, 2.05) is 28.8 Å². The molecule has 0 aromatic carbocycles. The van der Waals surface area contributed by atoms with Gasteiger partial charge in [0.2, 0.25) is 0 Å². The predicted octanol–water partition coefficient (Wildman–Crippen LogP) is 3.18. The zero-order valence-electron chi connectivity index (χ0n) is 17.2. The maximum Gasteiger partial charge on any atom is 0.261 e. The Kier molecular flexibility index (Phi) is 8.52. The minimum Gasteiger partial charge on any atom is -0.356 e. The Morgan fingerprint density at radius 3 is 2.69 bits per heavy atom. The van der Waals surface area contributed by atoms with Gasteiger partial charge in [-0.2, -0.15) is 0 Å². The number of guanidine groups is 1. The minimum absolute atomic E-state index is 0.00328. The van der Waals surface area contributed by atoms with E-state index in [4.69, 9.17) is 0 Å². The third-order valence-corrected chi connectivity index (χ3v) is 7.09. The molecule has 3 N–H and O–H groups in total. The summed E-state index contributed by atoms with van der Waals surface area (Å²) in [7, 11) is 4.03. The second-order valence-electron chi connectivity index (χ2n) is 7.31. The standard InChI is InChI=1S/C21H31N5OS2/c1-22-21(24-11-6-10-23-20(27)18-9-5-14-29-18)25-15-16-7-3-12-26(2)19(16)17-8-4-13-28-17/h4-5,8-9,13-14,16,19H,3,6-7,10-12,15H2,1-2H3,(H,23,27)(H2,22,24,25). The molecule has 2 aromatic rings. The van der Waals surface area contributed by atoms with Gasteiger partial charge < -0.3 is 16.0 Å². The molecule has 2 unspecified atom stereocenters. The number of aliphatic imine (C=N–C) groups is 1. The van der Waals surface area contributed by atoms with Crippen LogP contribution in [0.25, 0.3) is 0 Å². The van der Waals surface area contributed by atoms with Gasteiger partial charge in [0.25, 0.3) is 5.91 Å². The van der Waals surface area contributed by atoms with Crippen molar-refractivity contribution in [1.29, 1.82) is 0 Å². The van der Waals surface area contributed by atoms with Crippen molar-refractivity contribution in [2.24, 2.45) is 10.9 Å². The molecule has 3 heterocycles. The molecule has 1 fully saturated rings. The Morgan fingerprint density at radius 1 is 1.17 bits per heavy atom. The molecule has 2 aromatic heterocycles. The molecular formula is C21H31N5OS2. The highest BCUT2D eigenvalue weighted by atomic mass is 32.1. The van der Waals surface area contributed by atoms with Gasteiger partial charge >= 0.3 is 0 Å². The highest BCUT2D eigenvalue weighted by molar-refractivity contribution is 7.12. The number of nitrogens with zero attached hydrogens (tertiary/aromatic N) is 2. The smallest absolute Gasteiger partial charge is 0.261 e. The molecule has 1 aliphatic rings.